The van der Waals surface area contributed by atoms with Crippen molar-refractivity contribution in [1.29, 1.82) is 0 Å². The molecule has 28 heavy (non-hydrogen) atoms. The zero-order chi connectivity index (χ0) is 19.3. The summed E-state index contributed by atoms with van der Waals surface area (Å²) in [7, 11) is 1.61. The van der Waals surface area contributed by atoms with E-state index in [1.165, 1.54) is 19.3 Å². The van der Waals surface area contributed by atoms with Crippen molar-refractivity contribution in [3.05, 3.63) is 54.1 Å². The number of ether oxygens (including phenoxy) is 1. The molecule has 0 radical (unpaired) electrons. The number of methoxy groups -OCH3 is 1. The van der Waals surface area contributed by atoms with Crippen LogP contribution in [0.1, 0.15) is 42.5 Å². The third-order valence-corrected chi connectivity index (χ3v) is 5.10. The summed E-state index contributed by atoms with van der Waals surface area (Å²) < 4.78 is 10.7. The Morgan fingerprint density at radius 2 is 1.93 bits per heavy atom. The van der Waals surface area contributed by atoms with Crippen LogP contribution >= 0.6 is 0 Å². The van der Waals surface area contributed by atoms with Crippen LogP contribution in [0.3, 0.4) is 0 Å². The average Bonchev–Trinajstić information content (AvgIpc) is 3.25. The number of amides is 1. The summed E-state index contributed by atoms with van der Waals surface area (Å²) in [6, 6.07) is 15.0. The second-order valence-corrected chi connectivity index (χ2v) is 7.01. The van der Waals surface area contributed by atoms with Crippen molar-refractivity contribution in [3.63, 3.8) is 0 Å². The Hall–Kier alpha value is -3.15. The lowest BCUT2D eigenvalue weighted by Crippen LogP contribution is -2.36. The molecule has 3 aromatic rings. The fourth-order valence-corrected chi connectivity index (χ4v) is 3.59. The number of hydrogen-bond donors (Lipinski definition) is 1. The highest BCUT2D eigenvalue weighted by atomic mass is 16.5. The van der Waals surface area contributed by atoms with Crippen LogP contribution in [0.2, 0.25) is 0 Å². The Morgan fingerprint density at radius 1 is 1.11 bits per heavy atom. The van der Waals surface area contributed by atoms with Crippen molar-refractivity contribution in [2.75, 3.05) is 7.11 Å². The van der Waals surface area contributed by atoms with Crippen LogP contribution in [0.25, 0.3) is 22.8 Å². The molecular weight excluding hydrogens is 354 g/mol. The number of carbonyl (C=O) groups is 1. The fraction of sp³-hybridized carbons (Fsp3) is 0.318. The first-order chi connectivity index (χ1) is 13.7. The van der Waals surface area contributed by atoms with Gasteiger partial charge in [-0.15, -0.1) is 0 Å². The maximum atomic E-state index is 12.8. The van der Waals surface area contributed by atoms with E-state index in [0.29, 0.717) is 22.8 Å². The maximum absolute atomic E-state index is 12.8. The summed E-state index contributed by atoms with van der Waals surface area (Å²) >= 11 is 0. The third kappa shape index (κ3) is 3.91. The van der Waals surface area contributed by atoms with Gasteiger partial charge in [0.2, 0.25) is 5.82 Å². The Balaban J connectivity index is 1.60. The largest absolute Gasteiger partial charge is 0.497 e. The highest BCUT2D eigenvalue weighted by molar-refractivity contribution is 6.00. The molecular formula is C22H23N3O3. The van der Waals surface area contributed by atoms with Crippen molar-refractivity contribution in [3.8, 4) is 28.6 Å². The molecule has 0 spiro atoms. The molecule has 0 bridgehead atoms. The van der Waals surface area contributed by atoms with Crippen LogP contribution in [0.4, 0.5) is 0 Å². The number of rotatable bonds is 5. The molecule has 0 saturated heterocycles. The van der Waals surface area contributed by atoms with Crippen molar-refractivity contribution >= 4 is 5.91 Å². The van der Waals surface area contributed by atoms with Gasteiger partial charge >= 0.3 is 0 Å². The van der Waals surface area contributed by atoms with Crippen molar-refractivity contribution < 1.29 is 14.1 Å². The molecule has 1 fully saturated rings. The van der Waals surface area contributed by atoms with Gasteiger partial charge in [0.15, 0.2) is 0 Å². The van der Waals surface area contributed by atoms with Crippen molar-refractivity contribution in [2.45, 2.75) is 38.1 Å². The van der Waals surface area contributed by atoms with Gasteiger partial charge in [-0.3, -0.25) is 4.79 Å². The second kappa shape index (κ2) is 8.25. The summed E-state index contributed by atoms with van der Waals surface area (Å²) in [5, 5.41) is 7.23. The summed E-state index contributed by atoms with van der Waals surface area (Å²) in [6.07, 6.45) is 5.65. The molecule has 1 aliphatic carbocycles. The molecule has 2 aromatic carbocycles. The summed E-state index contributed by atoms with van der Waals surface area (Å²) in [6.45, 7) is 0. The van der Waals surface area contributed by atoms with Crippen LogP contribution in [-0.4, -0.2) is 29.2 Å². The van der Waals surface area contributed by atoms with Crippen LogP contribution in [0.5, 0.6) is 5.75 Å². The van der Waals surface area contributed by atoms with E-state index in [-0.39, 0.29) is 11.9 Å². The predicted octanol–water partition coefficient (Wildman–Crippen LogP) is 4.47. The van der Waals surface area contributed by atoms with Crippen molar-refractivity contribution in [1.82, 2.24) is 15.5 Å². The topological polar surface area (TPSA) is 77.2 Å². The second-order valence-electron chi connectivity index (χ2n) is 7.01. The zero-order valence-corrected chi connectivity index (χ0v) is 15.9. The minimum atomic E-state index is -0.0939. The minimum Gasteiger partial charge on any atom is -0.497 e. The molecule has 1 aromatic heterocycles. The number of carbonyl (C=O) groups excluding carboxylic acids is 1. The maximum Gasteiger partial charge on any atom is 0.259 e. The third-order valence-electron chi connectivity index (χ3n) is 5.10. The van der Waals surface area contributed by atoms with Gasteiger partial charge in [0.1, 0.15) is 5.75 Å². The summed E-state index contributed by atoms with van der Waals surface area (Å²) in [4.78, 5) is 17.4. The van der Waals surface area contributed by atoms with E-state index in [9.17, 15) is 4.79 Å². The first kappa shape index (κ1) is 18.2. The van der Waals surface area contributed by atoms with Gasteiger partial charge in [-0.25, -0.2) is 0 Å². The lowest BCUT2D eigenvalue weighted by Gasteiger charge is -2.23. The van der Waals surface area contributed by atoms with Gasteiger partial charge in [-0.2, -0.15) is 4.98 Å². The number of nitrogens with one attached hydrogen (secondary N) is 1. The summed E-state index contributed by atoms with van der Waals surface area (Å²) in [5.74, 6) is 1.41. The van der Waals surface area contributed by atoms with E-state index >= 15 is 0 Å². The predicted molar refractivity (Wildman–Crippen MR) is 106 cm³/mol. The number of aromatic nitrogens is 2. The van der Waals surface area contributed by atoms with Crippen LogP contribution in [-0.2, 0) is 0 Å². The van der Waals surface area contributed by atoms with E-state index in [2.05, 4.69) is 15.5 Å². The quantitative estimate of drug-likeness (QED) is 0.710. The molecule has 144 valence electrons. The molecule has 0 atom stereocenters. The van der Waals surface area contributed by atoms with E-state index in [1.807, 2.05) is 42.5 Å². The Morgan fingerprint density at radius 3 is 2.75 bits per heavy atom. The molecule has 0 unspecified atom stereocenters. The first-order valence-electron chi connectivity index (χ1n) is 9.63. The summed E-state index contributed by atoms with van der Waals surface area (Å²) in [5.41, 5.74) is 1.98. The molecule has 6 heteroatoms. The van der Waals surface area contributed by atoms with Gasteiger partial charge < -0.3 is 14.6 Å². The Bertz CT molecular complexity index is 961. The van der Waals surface area contributed by atoms with Crippen LogP contribution in [0, 0.1) is 0 Å². The molecule has 1 N–H and O–H groups in total. The standard InChI is InChI=1S/C22H23N3O3/c1-27-17-11-7-8-15(14-17)20-24-22(28-25-20)19-13-6-5-12-18(19)21(26)23-16-9-3-2-4-10-16/h5-8,11-14,16H,2-4,9-10H2,1H3,(H,23,26). The van der Waals surface area contributed by atoms with Gasteiger partial charge in [0.25, 0.3) is 11.8 Å². The molecule has 1 saturated carbocycles. The van der Waals surface area contributed by atoms with Gasteiger partial charge in [0.05, 0.1) is 18.2 Å². The average molecular weight is 377 g/mol. The Labute approximate surface area is 163 Å². The normalized spacial score (nSPS) is 14.6. The molecule has 1 heterocycles. The molecule has 1 amide bonds. The van der Waals surface area contributed by atoms with E-state index < -0.39 is 0 Å². The van der Waals surface area contributed by atoms with Crippen molar-refractivity contribution in [2.24, 2.45) is 0 Å². The van der Waals surface area contributed by atoms with Gasteiger partial charge in [-0.05, 0) is 37.1 Å². The van der Waals surface area contributed by atoms with E-state index in [4.69, 9.17) is 9.26 Å². The van der Waals surface area contributed by atoms with E-state index in [1.54, 1.807) is 13.2 Å². The Kier molecular flexibility index (Phi) is 5.37. The molecule has 4 rings (SSSR count). The van der Waals surface area contributed by atoms with E-state index in [0.717, 1.165) is 24.2 Å². The van der Waals surface area contributed by atoms with Gasteiger partial charge in [0, 0.05) is 11.6 Å². The number of hydrogen-bond acceptors (Lipinski definition) is 5. The first-order valence-corrected chi connectivity index (χ1v) is 9.63. The number of benzene rings is 2. The lowest BCUT2D eigenvalue weighted by molar-refractivity contribution is 0.0928. The van der Waals surface area contributed by atoms with Gasteiger partial charge in [-0.1, -0.05) is 48.7 Å². The fourth-order valence-electron chi connectivity index (χ4n) is 3.59. The highest BCUT2D eigenvalue weighted by Gasteiger charge is 2.21. The lowest BCUT2D eigenvalue weighted by atomic mass is 9.95. The number of nitrogens with zero attached hydrogens (tertiary/aromatic N) is 2. The monoisotopic (exact) mass is 377 g/mol. The highest BCUT2D eigenvalue weighted by Crippen LogP contribution is 2.27. The molecule has 0 aliphatic heterocycles. The smallest absolute Gasteiger partial charge is 0.259 e. The van der Waals surface area contributed by atoms with Crippen LogP contribution in [0.15, 0.2) is 53.1 Å². The van der Waals surface area contributed by atoms with Crippen LogP contribution < -0.4 is 10.1 Å². The molecule has 1 aliphatic rings. The zero-order valence-electron chi connectivity index (χ0n) is 15.9. The minimum absolute atomic E-state index is 0.0939. The molecule has 6 nitrogen and oxygen atoms in total. The SMILES string of the molecule is COc1cccc(-c2noc(-c3ccccc3C(=O)NC3CCCCC3)n2)c1.